The first-order chi connectivity index (χ1) is 11.6. The van der Waals surface area contributed by atoms with Gasteiger partial charge in [-0.2, -0.15) is 0 Å². The molecule has 128 valence electrons. The number of nitrogens with one attached hydrogen (secondary N) is 1. The van der Waals surface area contributed by atoms with Gasteiger partial charge in [-0.25, -0.2) is 0 Å². The minimum atomic E-state index is -0.226. The molecule has 1 aliphatic rings. The molecular weight excluding hydrogens is 304 g/mol. The van der Waals surface area contributed by atoms with E-state index in [2.05, 4.69) is 19.2 Å². The van der Waals surface area contributed by atoms with Gasteiger partial charge in [-0.05, 0) is 36.6 Å². The van der Waals surface area contributed by atoms with Gasteiger partial charge in [-0.15, -0.1) is 0 Å². The van der Waals surface area contributed by atoms with E-state index in [0.717, 1.165) is 24.3 Å². The van der Waals surface area contributed by atoms with Crippen LogP contribution in [0.4, 0.5) is 5.69 Å². The van der Waals surface area contributed by atoms with Gasteiger partial charge in [-0.1, -0.05) is 13.8 Å². The molecule has 1 amide bonds. The van der Waals surface area contributed by atoms with Crippen LogP contribution in [0.15, 0.2) is 42.7 Å². The van der Waals surface area contributed by atoms with E-state index in [1.54, 1.807) is 0 Å². The molecule has 0 bridgehead atoms. The number of fused-ring (bicyclic) bond motifs is 1. The van der Waals surface area contributed by atoms with Crippen molar-refractivity contribution in [2.24, 2.45) is 5.92 Å². The molecular formula is C19H24N2O3. The Morgan fingerprint density at radius 2 is 1.88 bits per heavy atom. The second-order valence-corrected chi connectivity index (χ2v) is 6.48. The van der Waals surface area contributed by atoms with Crippen molar-refractivity contribution in [3.05, 3.63) is 42.7 Å². The number of rotatable bonds is 5. The number of carbonyl (C=O) groups is 1. The van der Waals surface area contributed by atoms with Crippen LogP contribution in [0.2, 0.25) is 0 Å². The largest absolute Gasteiger partial charge is 0.490 e. The van der Waals surface area contributed by atoms with Gasteiger partial charge in [0.1, 0.15) is 6.04 Å². The number of hydrogen-bond acceptors (Lipinski definition) is 3. The number of anilines is 1. The van der Waals surface area contributed by atoms with Gasteiger partial charge in [0.15, 0.2) is 11.5 Å². The summed E-state index contributed by atoms with van der Waals surface area (Å²) >= 11 is 0. The monoisotopic (exact) mass is 328 g/mol. The molecule has 0 aliphatic carbocycles. The summed E-state index contributed by atoms with van der Waals surface area (Å²) in [5.41, 5.74) is 0.727. The van der Waals surface area contributed by atoms with Gasteiger partial charge in [0.2, 0.25) is 5.91 Å². The van der Waals surface area contributed by atoms with Crippen molar-refractivity contribution in [1.82, 2.24) is 4.57 Å². The van der Waals surface area contributed by atoms with Crippen LogP contribution >= 0.6 is 0 Å². The van der Waals surface area contributed by atoms with Crippen LogP contribution < -0.4 is 14.8 Å². The highest BCUT2D eigenvalue weighted by Gasteiger charge is 2.21. The number of amides is 1. The zero-order valence-corrected chi connectivity index (χ0v) is 14.2. The van der Waals surface area contributed by atoms with E-state index in [1.165, 1.54) is 0 Å². The second-order valence-electron chi connectivity index (χ2n) is 6.48. The van der Waals surface area contributed by atoms with Crippen LogP contribution in [0.25, 0.3) is 0 Å². The summed E-state index contributed by atoms with van der Waals surface area (Å²) in [6, 6.07) is 9.19. The molecule has 1 N–H and O–H groups in total. The molecule has 2 heterocycles. The van der Waals surface area contributed by atoms with Gasteiger partial charge >= 0.3 is 0 Å². The number of ether oxygens (including phenoxy) is 2. The molecule has 0 saturated heterocycles. The standard InChI is InChI=1S/C19H24N2O3/c1-14(2)12-16(21-8-3-4-9-21)19(22)20-15-6-7-17-18(13-15)24-11-5-10-23-17/h3-4,6-9,13-14,16H,5,10-12H2,1-2H3,(H,20,22)/t16-/m1/s1. The Labute approximate surface area is 142 Å². The molecule has 3 rings (SSSR count). The normalized spacial score (nSPS) is 15.0. The molecule has 24 heavy (non-hydrogen) atoms. The van der Waals surface area contributed by atoms with E-state index in [0.29, 0.717) is 24.9 Å². The number of aromatic nitrogens is 1. The third-order valence-electron chi connectivity index (χ3n) is 4.00. The highest BCUT2D eigenvalue weighted by atomic mass is 16.5. The summed E-state index contributed by atoms with van der Waals surface area (Å²) in [6.07, 6.45) is 5.51. The van der Waals surface area contributed by atoms with Gasteiger partial charge in [0, 0.05) is 30.6 Å². The van der Waals surface area contributed by atoms with Crippen LogP contribution in [0, 0.1) is 5.92 Å². The fraction of sp³-hybridized carbons (Fsp3) is 0.421. The van der Waals surface area contributed by atoms with E-state index in [4.69, 9.17) is 9.47 Å². The fourth-order valence-corrected chi connectivity index (χ4v) is 2.83. The van der Waals surface area contributed by atoms with Crippen molar-refractivity contribution < 1.29 is 14.3 Å². The predicted molar refractivity (Wildman–Crippen MR) is 93.6 cm³/mol. The van der Waals surface area contributed by atoms with Crippen LogP contribution in [-0.2, 0) is 4.79 Å². The van der Waals surface area contributed by atoms with Crippen molar-refractivity contribution in [2.75, 3.05) is 18.5 Å². The zero-order valence-electron chi connectivity index (χ0n) is 14.2. The smallest absolute Gasteiger partial charge is 0.247 e. The number of hydrogen-bond donors (Lipinski definition) is 1. The lowest BCUT2D eigenvalue weighted by atomic mass is 10.0. The Balaban J connectivity index is 1.76. The van der Waals surface area contributed by atoms with E-state index in [-0.39, 0.29) is 11.9 Å². The quantitative estimate of drug-likeness (QED) is 0.906. The zero-order chi connectivity index (χ0) is 16.9. The molecule has 0 saturated carbocycles. The summed E-state index contributed by atoms with van der Waals surface area (Å²) in [4.78, 5) is 12.8. The lowest BCUT2D eigenvalue weighted by Crippen LogP contribution is -2.26. The Morgan fingerprint density at radius 3 is 2.58 bits per heavy atom. The molecule has 1 atom stereocenters. The summed E-state index contributed by atoms with van der Waals surface area (Å²) in [7, 11) is 0. The lowest BCUT2D eigenvalue weighted by Gasteiger charge is -2.21. The van der Waals surface area contributed by atoms with Crippen molar-refractivity contribution >= 4 is 11.6 Å². The summed E-state index contributed by atoms with van der Waals surface area (Å²) in [6.45, 7) is 5.53. The van der Waals surface area contributed by atoms with Gasteiger partial charge < -0.3 is 19.4 Å². The van der Waals surface area contributed by atoms with Crippen molar-refractivity contribution in [2.45, 2.75) is 32.7 Å². The van der Waals surface area contributed by atoms with Gasteiger partial charge in [0.25, 0.3) is 0 Å². The maximum atomic E-state index is 12.8. The van der Waals surface area contributed by atoms with E-state index in [1.807, 2.05) is 47.3 Å². The maximum Gasteiger partial charge on any atom is 0.247 e. The summed E-state index contributed by atoms with van der Waals surface area (Å²) < 4.78 is 13.3. The first kappa shape index (κ1) is 16.4. The first-order valence-electron chi connectivity index (χ1n) is 8.46. The third-order valence-corrected chi connectivity index (χ3v) is 4.00. The molecule has 1 aliphatic heterocycles. The van der Waals surface area contributed by atoms with E-state index in [9.17, 15) is 4.79 Å². The van der Waals surface area contributed by atoms with Crippen LogP contribution in [0.5, 0.6) is 11.5 Å². The van der Waals surface area contributed by atoms with E-state index >= 15 is 0 Å². The Bertz CT molecular complexity index is 680. The fourth-order valence-electron chi connectivity index (χ4n) is 2.83. The average molecular weight is 328 g/mol. The molecule has 0 spiro atoms. The molecule has 5 nitrogen and oxygen atoms in total. The molecule has 5 heteroatoms. The van der Waals surface area contributed by atoms with E-state index < -0.39 is 0 Å². The molecule has 1 aromatic heterocycles. The highest BCUT2D eigenvalue weighted by molar-refractivity contribution is 5.94. The van der Waals surface area contributed by atoms with Crippen LogP contribution in [0.1, 0.15) is 32.7 Å². The first-order valence-corrected chi connectivity index (χ1v) is 8.46. The Morgan fingerprint density at radius 1 is 1.17 bits per heavy atom. The summed E-state index contributed by atoms with van der Waals surface area (Å²) in [5.74, 6) is 1.82. The minimum absolute atomic E-state index is 0.0191. The highest BCUT2D eigenvalue weighted by Crippen LogP contribution is 2.32. The van der Waals surface area contributed by atoms with Crippen LogP contribution in [0.3, 0.4) is 0 Å². The number of carbonyl (C=O) groups excluding carboxylic acids is 1. The lowest BCUT2D eigenvalue weighted by molar-refractivity contribution is -0.119. The third kappa shape index (κ3) is 3.91. The SMILES string of the molecule is CC(C)C[C@H](C(=O)Nc1ccc2c(c1)OCCCO2)n1cccc1. The summed E-state index contributed by atoms with van der Waals surface area (Å²) in [5, 5.41) is 3.01. The Kier molecular flexibility index (Phi) is 5.08. The maximum absolute atomic E-state index is 12.8. The molecule has 0 radical (unpaired) electrons. The molecule has 1 aromatic carbocycles. The molecule has 0 unspecified atom stereocenters. The number of benzene rings is 1. The Hall–Kier alpha value is -2.43. The number of nitrogens with zero attached hydrogens (tertiary/aromatic N) is 1. The predicted octanol–water partition coefficient (Wildman–Crippen LogP) is 3.88. The van der Waals surface area contributed by atoms with Crippen molar-refractivity contribution in [1.29, 1.82) is 0 Å². The van der Waals surface area contributed by atoms with Crippen molar-refractivity contribution in [3.63, 3.8) is 0 Å². The van der Waals surface area contributed by atoms with Gasteiger partial charge in [-0.3, -0.25) is 4.79 Å². The molecule has 2 aromatic rings. The second kappa shape index (κ2) is 7.43. The van der Waals surface area contributed by atoms with Gasteiger partial charge in [0.05, 0.1) is 13.2 Å². The minimum Gasteiger partial charge on any atom is -0.490 e. The average Bonchev–Trinajstić information content (AvgIpc) is 2.98. The molecule has 0 fully saturated rings. The topological polar surface area (TPSA) is 52.5 Å². The van der Waals surface area contributed by atoms with Crippen molar-refractivity contribution in [3.8, 4) is 11.5 Å². The van der Waals surface area contributed by atoms with Crippen LogP contribution in [-0.4, -0.2) is 23.7 Å².